The summed E-state index contributed by atoms with van der Waals surface area (Å²) in [5.41, 5.74) is -1.36. The van der Waals surface area contributed by atoms with Crippen LogP contribution in [0.2, 0.25) is 0 Å². The maximum atomic E-state index is 13.0. The molecule has 0 saturated carbocycles. The molecule has 1 unspecified atom stereocenters. The summed E-state index contributed by atoms with van der Waals surface area (Å²) >= 11 is 0. The molecule has 8 heteroatoms. The van der Waals surface area contributed by atoms with Crippen molar-refractivity contribution in [2.45, 2.75) is 103 Å². The quantitative estimate of drug-likeness (QED) is 0.275. The number of nitrogens with one attached hydrogen (secondary N) is 2. The maximum Gasteiger partial charge on any atom is 0.331 e. The number of carbonyl (C=O) groups is 4. The number of hydrogen-bond acceptors (Lipinski definition) is 5. The lowest BCUT2D eigenvalue weighted by atomic mass is 9.93. The zero-order valence-corrected chi connectivity index (χ0v) is 21.2. The standard InChI is InChI=1S/C24H45N3O5/c1-8-9-10-11-12-13-14-20(28)25-19(17-18(2)3)22(30)26-24(4,23(31)32-7)16-15-21(29)27(5)6/h18-19H,8-17H2,1-7H3,(H,25,28)(H,26,30)/t19-,24?/m0/s1. The van der Waals surface area contributed by atoms with Crippen molar-refractivity contribution in [1.82, 2.24) is 15.5 Å². The SMILES string of the molecule is CCCCCCCCC(=O)N[C@@H](CC(C)C)C(=O)NC(C)(CCC(=O)N(C)C)C(=O)OC. The second kappa shape index (κ2) is 15.6. The molecule has 3 amide bonds. The minimum Gasteiger partial charge on any atom is -0.467 e. The summed E-state index contributed by atoms with van der Waals surface area (Å²) in [6.45, 7) is 7.65. The molecule has 0 aliphatic carbocycles. The van der Waals surface area contributed by atoms with Crippen LogP contribution in [0.25, 0.3) is 0 Å². The predicted molar refractivity (Wildman–Crippen MR) is 126 cm³/mol. The Balaban J connectivity index is 5.07. The van der Waals surface area contributed by atoms with Gasteiger partial charge >= 0.3 is 5.97 Å². The van der Waals surface area contributed by atoms with Crippen molar-refractivity contribution in [3.8, 4) is 0 Å². The van der Waals surface area contributed by atoms with E-state index in [1.54, 1.807) is 21.0 Å². The van der Waals surface area contributed by atoms with Gasteiger partial charge in [-0.15, -0.1) is 0 Å². The Hall–Kier alpha value is -2.12. The molecule has 0 rings (SSSR count). The number of amides is 3. The van der Waals surface area contributed by atoms with E-state index in [0.717, 1.165) is 19.3 Å². The van der Waals surface area contributed by atoms with Crippen LogP contribution in [0.5, 0.6) is 0 Å². The zero-order valence-electron chi connectivity index (χ0n) is 21.2. The van der Waals surface area contributed by atoms with E-state index in [-0.39, 0.29) is 30.6 Å². The van der Waals surface area contributed by atoms with Gasteiger partial charge in [0.25, 0.3) is 0 Å². The predicted octanol–water partition coefficient (Wildman–Crippen LogP) is 3.18. The molecule has 0 aliphatic rings. The first-order valence-corrected chi connectivity index (χ1v) is 11.9. The molecule has 0 aromatic heterocycles. The average Bonchev–Trinajstić information content (AvgIpc) is 2.72. The molecular weight excluding hydrogens is 410 g/mol. The number of methoxy groups -OCH3 is 1. The second-order valence-corrected chi connectivity index (χ2v) is 9.37. The summed E-state index contributed by atoms with van der Waals surface area (Å²) in [7, 11) is 4.51. The molecule has 0 fully saturated rings. The summed E-state index contributed by atoms with van der Waals surface area (Å²) in [5, 5.41) is 5.58. The topological polar surface area (TPSA) is 105 Å². The number of hydrogen-bond donors (Lipinski definition) is 2. The van der Waals surface area contributed by atoms with Gasteiger partial charge in [-0.3, -0.25) is 14.4 Å². The van der Waals surface area contributed by atoms with Gasteiger partial charge in [-0.25, -0.2) is 4.79 Å². The van der Waals surface area contributed by atoms with E-state index in [4.69, 9.17) is 4.74 Å². The summed E-state index contributed by atoms with van der Waals surface area (Å²) in [5.74, 6) is -1.22. The van der Waals surface area contributed by atoms with Crippen molar-refractivity contribution >= 4 is 23.7 Å². The molecule has 0 radical (unpaired) electrons. The van der Waals surface area contributed by atoms with E-state index in [9.17, 15) is 19.2 Å². The summed E-state index contributed by atoms with van der Waals surface area (Å²) in [4.78, 5) is 51.3. The molecule has 8 nitrogen and oxygen atoms in total. The minimum atomic E-state index is -1.36. The molecular formula is C24H45N3O5. The van der Waals surface area contributed by atoms with Crippen molar-refractivity contribution in [2.24, 2.45) is 5.92 Å². The van der Waals surface area contributed by atoms with Gasteiger partial charge in [-0.2, -0.15) is 0 Å². The Morgan fingerprint density at radius 3 is 2.09 bits per heavy atom. The van der Waals surface area contributed by atoms with Crippen molar-refractivity contribution in [3.63, 3.8) is 0 Å². The largest absolute Gasteiger partial charge is 0.467 e. The molecule has 0 saturated heterocycles. The second-order valence-electron chi connectivity index (χ2n) is 9.37. The number of unbranched alkanes of at least 4 members (excludes halogenated alkanes) is 5. The van der Waals surface area contributed by atoms with E-state index in [1.165, 1.54) is 31.3 Å². The number of esters is 1. The third-order valence-corrected chi connectivity index (χ3v) is 5.49. The number of nitrogens with zero attached hydrogens (tertiary/aromatic N) is 1. The van der Waals surface area contributed by atoms with E-state index in [1.807, 2.05) is 13.8 Å². The van der Waals surface area contributed by atoms with Crippen LogP contribution in [0, 0.1) is 5.92 Å². The Morgan fingerprint density at radius 2 is 1.56 bits per heavy atom. The molecule has 0 bridgehead atoms. The number of rotatable bonds is 16. The monoisotopic (exact) mass is 455 g/mol. The van der Waals surface area contributed by atoms with Gasteiger partial charge in [0.15, 0.2) is 0 Å². The molecule has 0 aromatic rings. The fourth-order valence-electron chi connectivity index (χ4n) is 3.42. The van der Waals surface area contributed by atoms with Gasteiger partial charge in [0.2, 0.25) is 17.7 Å². The molecule has 186 valence electrons. The van der Waals surface area contributed by atoms with Gasteiger partial charge in [0.05, 0.1) is 7.11 Å². The third kappa shape index (κ3) is 12.1. The molecule has 0 spiro atoms. The van der Waals surface area contributed by atoms with Crippen molar-refractivity contribution in [1.29, 1.82) is 0 Å². The first-order chi connectivity index (χ1) is 15.0. The Morgan fingerprint density at radius 1 is 0.969 bits per heavy atom. The van der Waals surface area contributed by atoms with Crippen LogP contribution in [-0.4, -0.2) is 61.4 Å². The van der Waals surface area contributed by atoms with Gasteiger partial charge in [-0.1, -0.05) is 52.9 Å². The molecule has 32 heavy (non-hydrogen) atoms. The van der Waals surface area contributed by atoms with Gasteiger partial charge < -0.3 is 20.3 Å². The van der Waals surface area contributed by atoms with Crippen LogP contribution < -0.4 is 10.6 Å². The highest BCUT2D eigenvalue weighted by molar-refractivity contribution is 5.92. The average molecular weight is 456 g/mol. The number of ether oxygens (including phenoxy) is 1. The highest BCUT2D eigenvalue weighted by Crippen LogP contribution is 2.17. The first-order valence-electron chi connectivity index (χ1n) is 11.9. The normalized spacial score (nSPS) is 13.8. The van der Waals surface area contributed by atoms with Crippen LogP contribution in [0.3, 0.4) is 0 Å². The van der Waals surface area contributed by atoms with Crippen molar-refractivity contribution in [2.75, 3.05) is 21.2 Å². The van der Waals surface area contributed by atoms with Crippen LogP contribution in [0.15, 0.2) is 0 Å². The van der Waals surface area contributed by atoms with Crippen LogP contribution in [-0.2, 0) is 23.9 Å². The minimum absolute atomic E-state index is 0.0815. The molecule has 0 aliphatic heterocycles. The third-order valence-electron chi connectivity index (χ3n) is 5.49. The van der Waals surface area contributed by atoms with E-state index >= 15 is 0 Å². The van der Waals surface area contributed by atoms with Gasteiger partial charge in [0, 0.05) is 26.9 Å². The lowest BCUT2D eigenvalue weighted by Crippen LogP contribution is -2.58. The molecule has 0 aromatic carbocycles. The van der Waals surface area contributed by atoms with Crippen molar-refractivity contribution in [3.05, 3.63) is 0 Å². The zero-order chi connectivity index (χ0) is 24.7. The lowest BCUT2D eigenvalue weighted by molar-refractivity contribution is -0.151. The fraction of sp³-hybridized carbons (Fsp3) is 0.833. The highest BCUT2D eigenvalue weighted by Gasteiger charge is 2.38. The Kier molecular flexibility index (Phi) is 14.6. The summed E-state index contributed by atoms with van der Waals surface area (Å²) in [6, 6.07) is -0.754. The van der Waals surface area contributed by atoms with E-state index < -0.39 is 23.5 Å². The van der Waals surface area contributed by atoms with Crippen molar-refractivity contribution < 1.29 is 23.9 Å². The Labute approximate surface area is 194 Å². The lowest BCUT2D eigenvalue weighted by Gasteiger charge is -2.31. The molecule has 2 N–H and O–H groups in total. The Bertz CT molecular complexity index is 606. The summed E-state index contributed by atoms with van der Waals surface area (Å²) < 4.78 is 4.88. The smallest absolute Gasteiger partial charge is 0.331 e. The van der Waals surface area contributed by atoms with E-state index in [0.29, 0.717) is 12.8 Å². The van der Waals surface area contributed by atoms with Crippen LogP contribution in [0.4, 0.5) is 0 Å². The van der Waals surface area contributed by atoms with Gasteiger partial charge in [-0.05, 0) is 32.1 Å². The first kappa shape index (κ1) is 29.9. The highest BCUT2D eigenvalue weighted by atomic mass is 16.5. The van der Waals surface area contributed by atoms with E-state index in [2.05, 4.69) is 17.6 Å². The molecule has 2 atom stereocenters. The summed E-state index contributed by atoms with van der Waals surface area (Å²) in [6.07, 6.45) is 7.47. The van der Waals surface area contributed by atoms with Crippen LogP contribution >= 0.6 is 0 Å². The van der Waals surface area contributed by atoms with Gasteiger partial charge in [0.1, 0.15) is 11.6 Å². The number of carbonyl (C=O) groups excluding carboxylic acids is 4. The molecule has 0 heterocycles. The van der Waals surface area contributed by atoms with Crippen LogP contribution in [0.1, 0.15) is 91.9 Å². The maximum absolute atomic E-state index is 13.0. The fourth-order valence-corrected chi connectivity index (χ4v) is 3.42.